The lowest BCUT2D eigenvalue weighted by Gasteiger charge is -2.29. The van der Waals surface area contributed by atoms with Crippen LogP contribution in [-0.4, -0.2) is 51.4 Å². The number of hydrogen-bond donors (Lipinski definition) is 2. The van der Waals surface area contributed by atoms with Crippen LogP contribution in [0.25, 0.3) is 0 Å². The van der Waals surface area contributed by atoms with E-state index in [2.05, 4.69) is 10.0 Å². The Labute approximate surface area is 175 Å². The van der Waals surface area contributed by atoms with Gasteiger partial charge in [-0.05, 0) is 29.8 Å². The quantitative estimate of drug-likeness (QED) is 0.669. The van der Waals surface area contributed by atoms with Crippen LogP contribution in [0.15, 0.2) is 41.2 Å². The maximum Gasteiger partial charge on any atom is 0.270 e. The Morgan fingerprint density at radius 2 is 1.86 bits per heavy atom. The van der Waals surface area contributed by atoms with Gasteiger partial charge in [-0.1, -0.05) is 23.7 Å². The zero-order valence-electron chi connectivity index (χ0n) is 15.8. The van der Waals surface area contributed by atoms with Crippen LogP contribution >= 0.6 is 11.6 Å². The van der Waals surface area contributed by atoms with Gasteiger partial charge in [0.2, 0.25) is 0 Å². The first-order valence-corrected chi connectivity index (χ1v) is 10.9. The normalized spacial score (nSPS) is 14.4. The highest BCUT2D eigenvalue weighted by Gasteiger charge is 2.26. The standard InChI is InChI=1S/C19H21ClN4O4S/c1-29(28)22-8-9-23-10-11-24-16(19(23)27)7-6-15(18(24)26)17(25)21-12-13-2-4-14(20)5-3-13/h2-7,22H,8-12H2,1H3,(H,21,25). The Morgan fingerprint density at radius 3 is 2.55 bits per heavy atom. The Bertz CT molecular complexity index is 1010. The SMILES string of the molecule is CS(=O)NCCN1CCn2c(ccc(C(=O)NCc3ccc(Cl)cc3)c2=O)C1=O. The van der Waals surface area contributed by atoms with Crippen molar-refractivity contribution in [3.8, 4) is 0 Å². The Kier molecular flexibility index (Phi) is 6.83. The fourth-order valence-corrected chi connectivity index (χ4v) is 3.57. The molecule has 0 aliphatic carbocycles. The van der Waals surface area contributed by atoms with E-state index in [-0.39, 0.29) is 23.7 Å². The van der Waals surface area contributed by atoms with Crippen LogP contribution in [0.5, 0.6) is 0 Å². The second kappa shape index (κ2) is 9.34. The van der Waals surface area contributed by atoms with Gasteiger partial charge in [0, 0.05) is 44.0 Å². The molecule has 29 heavy (non-hydrogen) atoms. The zero-order valence-corrected chi connectivity index (χ0v) is 17.4. The topological polar surface area (TPSA) is 101 Å². The Hall–Kier alpha value is -2.49. The van der Waals surface area contributed by atoms with E-state index < -0.39 is 22.5 Å². The zero-order chi connectivity index (χ0) is 21.0. The molecule has 2 heterocycles. The van der Waals surface area contributed by atoms with Gasteiger partial charge >= 0.3 is 0 Å². The number of nitrogens with zero attached hydrogens (tertiary/aromatic N) is 2. The second-order valence-electron chi connectivity index (χ2n) is 6.54. The van der Waals surface area contributed by atoms with Gasteiger partial charge in [-0.3, -0.25) is 14.4 Å². The summed E-state index contributed by atoms with van der Waals surface area (Å²) in [4.78, 5) is 39.4. The molecule has 1 aromatic carbocycles. The van der Waals surface area contributed by atoms with Gasteiger partial charge in [0.05, 0.1) is 11.0 Å². The van der Waals surface area contributed by atoms with Crippen molar-refractivity contribution in [1.29, 1.82) is 0 Å². The van der Waals surface area contributed by atoms with Gasteiger partial charge in [-0.2, -0.15) is 0 Å². The lowest BCUT2D eigenvalue weighted by Crippen LogP contribution is -2.47. The number of halogens is 1. The number of aromatic nitrogens is 1. The van der Waals surface area contributed by atoms with E-state index in [1.165, 1.54) is 23.0 Å². The smallest absolute Gasteiger partial charge is 0.270 e. The molecule has 2 amide bonds. The molecular weight excluding hydrogens is 416 g/mol. The average molecular weight is 437 g/mol. The average Bonchev–Trinajstić information content (AvgIpc) is 2.69. The van der Waals surface area contributed by atoms with E-state index in [1.54, 1.807) is 29.2 Å². The first-order chi connectivity index (χ1) is 13.9. The van der Waals surface area contributed by atoms with Crippen LogP contribution in [-0.2, 0) is 24.1 Å². The third-order valence-corrected chi connectivity index (χ3v) is 5.43. The number of carbonyl (C=O) groups excluding carboxylic acids is 2. The van der Waals surface area contributed by atoms with Crippen molar-refractivity contribution in [3.05, 3.63) is 68.6 Å². The van der Waals surface area contributed by atoms with Crippen LogP contribution in [0.4, 0.5) is 0 Å². The lowest BCUT2D eigenvalue weighted by molar-refractivity contribution is 0.0703. The molecule has 1 atom stereocenters. The van der Waals surface area contributed by atoms with Gasteiger partial charge < -0.3 is 14.8 Å². The van der Waals surface area contributed by atoms with Crippen molar-refractivity contribution in [3.63, 3.8) is 0 Å². The van der Waals surface area contributed by atoms with E-state index in [9.17, 15) is 18.6 Å². The van der Waals surface area contributed by atoms with Gasteiger partial charge in [-0.25, -0.2) is 8.93 Å². The van der Waals surface area contributed by atoms with Crippen molar-refractivity contribution in [1.82, 2.24) is 19.5 Å². The van der Waals surface area contributed by atoms with Gasteiger partial charge in [-0.15, -0.1) is 0 Å². The molecule has 3 rings (SSSR count). The highest BCUT2D eigenvalue weighted by molar-refractivity contribution is 7.82. The van der Waals surface area contributed by atoms with Crippen molar-refractivity contribution in [2.75, 3.05) is 25.9 Å². The molecule has 1 unspecified atom stereocenters. The number of amides is 2. The summed E-state index contributed by atoms with van der Waals surface area (Å²) in [5.74, 6) is -0.782. The fourth-order valence-electron chi connectivity index (χ4n) is 3.06. The van der Waals surface area contributed by atoms with E-state index in [1.807, 2.05) is 0 Å². The van der Waals surface area contributed by atoms with E-state index >= 15 is 0 Å². The lowest BCUT2D eigenvalue weighted by atomic mass is 10.1. The third-order valence-electron chi connectivity index (χ3n) is 4.57. The molecule has 10 heteroatoms. The summed E-state index contributed by atoms with van der Waals surface area (Å²) in [6, 6.07) is 9.91. The minimum atomic E-state index is -1.15. The number of benzene rings is 1. The maximum atomic E-state index is 12.7. The number of pyridine rings is 1. The van der Waals surface area contributed by atoms with Gasteiger partial charge in [0.15, 0.2) is 0 Å². The molecule has 0 bridgehead atoms. The molecule has 0 fully saturated rings. The fraction of sp³-hybridized carbons (Fsp3) is 0.316. The molecule has 0 saturated heterocycles. The van der Waals surface area contributed by atoms with Crippen LogP contribution in [0.2, 0.25) is 5.02 Å². The molecule has 1 aliphatic heterocycles. The van der Waals surface area contributed by atoms with Crippen LogP contribution in [0.3, 0.4) is 0 Å². The first-order valence-electron chi connectivity index (χ1n) is 8.99. The molecule has 0 saturated carbocycles. The van der Waals surface area contributed by atoms with Crippen LogP contribution in [0, 0.1) is 0 Å². The molecular formula is C19H21ClN4O4S. The monoisotopic (exact) mass is 436 g/mol. The number of fused-ring (bicyclic) bond motifs is 1. The van der Waals surface area contributed by atoms with Crippen molar-refractivity contribution in [2.24, 2.45) is 0 Å². The number of hydrogen-bond acceptors (Lipinski definition) is 4. The predicted octanol–water partition coefficient (Wildman–Crippen LogP) is 0.771. The van der Waals surface area contributed by atoms with E-state index in [0.29, 0.717) is 31.2 Å². The van der Waals surface area contributed by atoms with Gasteiger partial charge in [0.1, 0.15) is 11.3 Å². The summed E-state index contributed by atoms with van der Waals surface area (Å²) < 4.78 is 15.2. The van der Waals surface area contributed by atoms with Crippen molar-refractivity contribution >= 4 is 34.4 Å². The van der Waals surface area contributed by atoms with Gasteiger partial charge in [0.25, 0.3) is 17.4 Å². The Balaban J connectivity index is 1.70. The molecule has 154 valence electrons. The summed E-state index contributed by atoms with van der Waals surface area (Å²) in [5, 5.41) is 3.32. The molecule has 2 N–H and O–H groups in total. The first kappa shape index (κ1) is 21.2. The minimum absolute atomic E-state index is 0.00740. The van der Waals surface area contributed by atoms with Crippen molar-refractivity contribution in [2.45, 2.75) is 13.1 Å². The molecule has 8 nitrogen and oxygen atoms in total. The molecule has 0 radical (unpaired) electrons. The van der Waals surface area contributed by atoms with E-state index in [4.69, 9.17) is 11.6 Å². The number of carbonyl (C=O) groups is 2. The van der Waals surface area contributed by atoms with E-state index in [0.717, 1.165) is 5.56 Å². The summed E-state index contributed by atoms with van der Waals surface area (Å²) in [5.41, 5.74) is 0.602. The summed E-state index contributed by atoms with van der Waals surface area (Å²) in [6.45, 7) is 1.68. The number of nitrogens with one attached hydrogen (secondary N) is 2. The molecule has 2 aromatic rings. The summed E-state index contributed by atoms with van der Waals surface area (Å²) in [7, 11) is -1.15. The van der Waals surface area contributed by atoms with Crippen LogP contribution < -0.4 is 15.6 Å². The summed E-state index contributed by atoms with van der Waals surface area (Å²) >= 11 is 5.84. The second-order valence-corrected chi connectivity index (χ2v) is 8.17. The highest BCUT2D eigenvalue weighted by atomic mass is 35.5. The molecule has 1 aliphatic rings. The highest BCUT2D eigenvalue weighted by Crippen LogP contribution is 2.12. The molecule has 1 aromatic heterocycles. The van der Waals surface area contributed by atoms with Crippen molar-refractivity contribution < 1.29 is 13.8 Å². The number of rotatable bonds is 7. The largest absolute Gasteiger partial charge is 0.348 e. The van der Waals surface area contributed by atoms with Crippen LogP contribution in [0.1, 0.15) is 26.4 Å². The minimum Gasteiger partial charge on any atom is -0.348 e. The Morgan fingerprint density at radius 1 is 1.14 bits per heavy atom. The maximum absolute atomic E-state index is 12.7. The third kappa shape index (κ3) is 5.11. The molecule has 0 spiro atoms. The predicted molar refractivity (Wildman–Crippen MR) is 111 cm³/mol. The summed E-state index contributed by atoms with van der Waals surface area (Å²) in [6.07, 6.45) is 1.52.